The molecule has 0 spiro atoms. The molecule has 0 unspecified atom stereocenters. The van der Waals surface area contributed by atoms with Crippen molar-refractivity contribution in [2.45, 2.75) is 32.0 Å². The van der Waals surface area contributed by atoms with Gasteiger partial charge in [-0.1, -0.05) is 41.7 Å². The first-order valence-electron chi connectivity index (χ1n) is 13.8. The molecule has 1 N–H and O–H groups in total. The fourth-order valence-electron chi connectivity index (χ4n) is 5.22. The van der Waals surface area contributed by atoms with E-state index in [0.717, 1.165) is 12.0 Å². The van der Waals surface area contributed by atoms with E-state index in [1.165, 1.54) is 41.3 Å². The number of rotatable bonds is 9. The van der Waals surface area contributed by atoms with Crippen molar-refractivity contribution in [3.05, 3.63) is 94.2 Å². The summed E-state index contributed by atoms with van der Waals surface area (Å²) in [7, 11) is 3.08. The number of pyridine rings is 1. The minimum atomic E-state index is -0.608. The van der Waals surface area contributed by atoms with Crippen molar-refractivity contribution in [2.24, 2.45) is 0 Å². The molecule has 220 valence electrons. The van der Waals surface area contributed by atoms with Crippen molar-refractivity contribution >= 4 is 32.7 Å². The lowest BCUT2D eigenvalue weighted by atomic mass is 10.1. The Morgan fingerprint density at radius 3 is 2.70 bits per heavy atom. The lowest BCUT2D eigenvalue weighted by Gasteiger charge is -2.23. The Morgan fingerprint density at radius 1 is 1.09 bits per heavy atom. The quantitative estimate of drug-likeness (QED) is 0.265. The van der Waals surface area contributed by atoms with Crippen LogP contribution in [0, 0.1) is 5.82 Å². The van der Waals surface area contributed by atoms with E-state index in [2.05, 4.69) is 15.3 Å². The third-order valence-electron chi connectivity index (χ3n) is 7.41. The highest BCUT2D eigenvalue weighted by Gasteiger charge is 2.33. The van der Waals surface area contributed by atoms with Crippen LogP contribution in [0.3, 0.4) is 0 Å². The van der Waals surface area contributed by atoms with E-state index in [1.54, 1.807) is 25.3 Å². The van der Waals surface area contributed by atoms with Crippen molar-refractivity contribution in [3.63, 3.8) is 0 Å². The predicted octanol–water partition coefficient (Wildman–Crippen LogP) is 4.40. The number of methoxy groups -OCH3 is 2. The predicted molar refractivity (Wildman–Crippen MR) is 162 cm³/mol. The number of halogens is 1. The summed E-state index contributed by atoms with van der Waals surface area (Å²) in [5, 5.41) is 3.54. The summed E-state index contributed by atoms with van der Waals surface area (Å²) >= 11 is 1.21. The van der Waals surface area contributed by atoms with Gasteiger partial charge in [-0.05, 0) is 42.7 Å². The number of carbonyl (C=O) groups excluding carboxylic acids is 1. The monoisotopic (exact) mass is 600 g/mol. The Balaban J connectivity index is 1.39. The number of anilines is 1. The Hall–Kier alpha value is -4.84. The fraction of sp³-hybridized carbons (Fsp3) is 0.258. The zero-order chi connectivity index (χ0) is 29.9. The zero-order valence-corrected chi connectivity index (χ0v) is 24.4. The number of amides is 1. The lowest BCUT2D eigenvalue weighted by molar-refractivity contribution is -0.122. The van der Waals surface area contributed by atoms with Gasteiger partial charge in [0, 0.05) is 30.9 Å². The number of ether oxygens (including phenoxy) is 2. The number of fused-ring (bicyclic) bond motifs is 1. The number of nitrogens with one attached hydrogen (secondary N) is 1. The second-order valence-corrected chi connectivity index (χ2v) is 11.0. The van der Waals surface area contributed by atoms with E-state index in [1.807, 2.05) is 35.2 Å². The summed E-state index contributed by atoms with van der Waals surface area (Å²) in [4.78, 5) is 43.1. The van der Waals surface area contributed by atoms with Gasteiger partial charge in [0.1, 0.15) is 23.2 Å². The van der Waals surface area contributed by atoms with E-state index < -0.39 is 17.4 Å². The Kier molecular flexibility index (Phi) is 8.01. The van der Waals surface area contributed by atoms with Gasteiger partial charge in [0.2, 0.25) is 5.91 Å². The van der Waals surface area contributed by atoms with E-state index in [9.17, 15) is 9.59 Å². The second-order valence-electron chi connectivity index (χ2n) is 10.0. The first-order chi connectivity index (χ1) is 21.0. The maximum atomic E-state index is 15.0. The summed E-state index contributed by atoms with van der Waals surface area (Å²) in [6.07, 6.45) is 2.92. The van der Waals surface area contributed by atoms with Gasteiger partial charge >= 0.3 is 0 Å². The molecule has 6 rings (SSSR count). The molecular formula is C31H29FN6O4S. The molecule has 0 bridgehead atoms. The van der Waals surface area contributed by atoms with Crippen LogP contribution in [-0.2, 0) is 17.9 Å². The number of nitrogens with zero attached hydrogens (tertiary/aromatic N) is 5. The molecule has 4 heterocycles. The van der Waals surface area contributed by atoms with Crippen molar-refractivity contribution in [1.29, 1.82) is 0 Å². The minimum absolute atomic E-state index is 0.0291. The van der Waals surface area contributed by atoms with Gasteiger partial charge < -0.3 is 19.7 Å². The highest BCUT2D eigenvalue weighted by Crippen LogP contribution is 2.33. The molecule has 3 aromatic heterocycles. The number of carbonyl (C=O) groups is 1. The first-order valence-corrected chi connectivity index (χ1v) is 14.6. The molecule has 10 nitrogen and oxygen atoms in total. The molecule has 1 saturated heterocycles. The van der Waals surface area contributed by atoms with Gasteiger partial charge in [-0.25, -0.2) is 19.3 Å². The fourth-order valence-corrected chi connectivity index (χ4v) is 6.23. The number of hydrogen-bond donors (Lipinski definition) is 1. The van der Waals surface area contributed by atoms with Gasteiger partial charge in [0.25, 0.3) is 5.56 Å². The largest absolute Gasteiger partial charge is 0.497 e. The highest BCUT2D eigenvalue weighted by molar-refractivity contribution is 7.21. The Labute approximate surface area is 250 Å². The third-order valence-corrected chi connectivity index (χ3v) is 8.40. The Morgan fingerprint density at radius 2 is 1.93 bits per heavy atom. The zero-order valence-electron chi connectivity index (χ0n) is 23.6. The van der Waals surface area contributed by atoms with Gasteiger partial charge in [0.15, 0.2) is 27.1 Å². The van der Waals surface area contributed by atoms with Crippen LogP contribution in [0.25, 0.3) is 21.9 Å². The Bertz CT molecular complexity index is 1840. The molecule has 2 aromatic carbocycles. The average molecular weight is 601 g/mol. The van der Waals surface area contributed by atoms with Crippen LogP contribution >= 0.6 is 11.3 Å². The standard InChI is InChI=1S/C31H29FN6O4S/c1-41-21-13-12-20(24(16-21)42-2)18-38-27(25-22(32)10-6-14-33-25)36-29-26(30(38)40)35-31(43-29)37-15-7-11-23(37)28(39)34-17-19-8-4-3-5-9-19/h3-6,8-10,12-14,16,23H,7,11,15,17-18H2,1-2H3,(H,34,39)/t23-/m1/s1. The lowest BCUT2D eigenvalue weighted by Crippen LogP contribution is -2.43. The molecule has 0 aliphatic carbocycles. The maximum Gasteiger partial charge on any atom is 0.281 e. The summed E-state index contributed by atoms with van der Waals surface area (Å²) in [5.74, 6) is 0.452. The molecule has 1 amide bonds. The molecule has 43 heavy (non-hydrogen) atoms. The van der Waals surface area contributed by atoms with Crippen LogP contribution < -0.4 is 25.2 Å². The SMILES string of the molecule is COc1ccc(Cn2c(-c3ncccc3F)nc3sc(N4CCC[C@@H]4C(=O)NCc4ccccc4)nc3c2=O)c(OC)c1. The molecule has 0 saturated carbocycles. The molecule has 1 atom stereocenters. The normalized spacial score (nSPS) is 14.7. The summed E-state index contributed by atoms with van der Waals surface area (Å²) < 4.78 is 27.2. The second kappa shape index (κ2) is 12.2. The maximum absolute atomic E-state index is 15.0. The molecule has 1 aliphatic rings. The molecule has 12 heteroatoms. The van der Waals surface area contributed by atoms with Crippen molar-refractivity contribution in [1.82, 2.24) is 24.8 Å². The number of aromatic nitrogens is 4. The molecule has 5 aromatic rings. The van der Waals surface area contributed by atoms with Gasteiger partial charge in [-0.15, -0.1) is 0 Å². The van der Waals surface area contributed by atoms with Crippen LogP contribution in [0.2, 0.25) is 0 Å². The van der Waals surface area contributed by atoms with Crippen LogP contribution in [0.4, 0.5) is 9.52 Å². The van der Waals surface area contributed by atoms with E-state index >= 15 is 4.39 Å². The molecule has 1 fully saturated rings. The van der Waals surface area contributed by atoms with Gasteiger partial charge in [0.05, 0.1) is 20.8 Å². The number of benzene rings is 2. The van der Waals surface area contributed by atoms with Gasteiger partial charge in [-0.2, -0.15) is 0 Å². The molecule has 0 radical (unpaired) electrons. The molecular weight excluding hydrogens is 571 g/mol. The highest BCUT2D eigenvalue weighted by atomic mass is 32.1. The topological polar surface area (TPSA) is 111 Å². The molecule has 1 aliphatic heterocycles. The van der Waals surface area contributed by atoms with Crippen molar-refractivity contribution in [3.8, 4) is 23.0 Å². The third kappa shape index (κ3) is 5.65. The summed E-state index contributed by atoms with van der Waals surface area (Å²) in [6.45, 7) is 1.06. The number of hydrogen-bond acceptors (Lipinski definition) is 9. The van der Waals surface area contributed by atoms with Gasteiger partial charge in [-0.3, -0.25) is 14.2 Å². The van der Waals surface area contributed by atoms with E-state index in [-0.39, 0.29) is 29.5 Å². The van der Waals surface area contributed by atoms with E-state index in [0.29, 0.717) is 46.5 Å². The summed E-state index contributed by atoms with van der Waals surface area (Å²) in [6, 6.07) is 17.3. The first kappa shape index (κ1) is 28.3. The number of thiazole rings is 1. The van der Waals surface area contributed by atoms with Crippen LogP contribution in [0.5, 0.6) is 11.5 Å². The van der Waals surface area contributed by atoms with Crippen LogP contribution in [-0.4, -0.2) is 52.2 Å². The van der Waals surface area contributed by atoms with E-state index in [4.69, 9.17) is 14.5 Å². The minimum Gasteiger partial charge on any atom is -0.497 e. The van der Waals surface area contributed by atoms with Crippen LogP contribution in [0.1, 0.15) is 24.0 Å². The average Bonchev–Trinajstić information content (AvgIpc) is 3.70. The van der Waals surface area contributed by atoms with Crippen LogP contribution in [0.15, 0.2) is 71.7 Å². The van der Waals surface area contributed by atoms with Crippen molar-refractivity contribution < 1.29 is 18.7 Å². The summed E-state index contributed by atoms with van der Waals surface area (Å²) in [5.41, 5.74) is 1.31. The smallest absolute Gasteiger partial charge is 0.281 e. The van der Waals surface area contributed by atoms with Crippen molar-refractivity contribution in [2.75, 3.05) is 25.7 Å².